The van der Waals surface area contributed by atoms with E-state index in [0.29, 0.717) is 0 Å². The van der Waals surface area contributed by atoms with Gasteiger partial charge in [0.15, 0.2) is 0 Å². The van der Waals surface area contributed by atoms with Crippen molar-refractivity contribution in [2.45, 2.75) is 6.42 Å². The van der Waals surface area contributed by atoms with Crippen LogP contribution in [0.15, 0.2) is 12.3 Å². The molecule has 0 aromatic carbocycles. The van der Waals surface area contributed by atoms with Crippen LogP contribution in [0, 0.1) is 0 Å². The van der Waals surface area contributed by atoms with E-state index in [1.54, 1.807) is 0 Å². The Morgan fingerprint density at radius 2 is 2.20 bits per heavy atom. The van der Waals surface area contributed by atoms with Crippen molar-refractivity contribution in [1.29, 1.82) is 0 Å². The molecular formula is C4H6O. The smallest absolute Gasteiger partial charge is 0.0947 e. The number of ether oxygens (including phenoxy) is 1. The first-order chi connectivity index (χ1) is 2.39. The van der Waals surface area contributed by atoms with Gasteiger partial charge in [-0.2, -0.15) is 0 Å². The highest BCUT2D eigenvalue weighted by molar-refractivity contribution is 4.89. The second-order valence-electron chi connectivity index (χ2n) is 1.14. The van der Waals surface area contributed by atoms with Crippen LogP contribution in [-0.4, -0.2) is 6.61 Å². The summed E-state index contributed by atoms with van der Waals surface area (Å²) in [6.07, 6.45) is 1.07. The van der Waals surface area contributed by atoms with E-state index in [2.05, 4.69) is 6.58 Å². The summed E-state index contributed by atoms with van der Waals surface area (Å²) in [6.45, 7) is 4.43. The fraction of sp³-hybridized carbons (Fsp3) is 0.500. The molecule has 0 aromatic heterocycles. The molecule has 1 aliphatic rings. The van der Waals surface area contributed by atoms with Gasteiger partial charge in [0.2, 0.25) is 0 Å². The monoisotopic (exact) mass is 70.0 g/mol. The van der Waals surface area contributed by atoms with Gasteiger partial charge in [-0.1, -0.05) is 6.58 Å². The Morgan fingerprint density at radius 1 is 1.80 bits per heavy atom. The molecule has 0 saturated carbocycles. The van der Waals surface area contributed by atoms with Crippen LogP contribution in [-0.2, 0) is 4.74 Å². The van der Waals surface area contributed by atoms with Crippen molar-refractivity contribution >= 4 is 0 Å². The average Bonchev–Trinajstić information content (AvgIpc) is 1.30. The molecule has 0 unspecified atom stereocenters. The Hall–Kier alpha value is -0.460. The van der Waals surface area contributed by atoms with E-state index in [-0.39, 0.29) is 0 Å². The molecular weight excluding hydrogens is 64.0 g/mol. The van der Waals surface area contributed by atoms with Crippen molar-refractivity contribution in [1.82, 2.24) is 0 Å². The predicted molar refractivity (Wildman–Crippen MR) is 19.7 cm³/mol. The van der Waals surface area contributed by atoms with Crippen molar-refractivity contribution in [3.8, 4) is 0 Å². The maximum atomic E-state index is 4.74. The molecule has 1 fully saturated rings. The Kier molecular flexibility index (Phi) is 0.411. The van der Waals surface area contributed by atoms with Gasteiger partial charge in [-0.05, 0) is 0 Å². The lowest BCUT2D eigenvalue weighted by atomic mass is 10.3. The molecule has 0 atom stereocenters. The van der Waals surface area contributed by atoms with Crippen LogP contribution in [0.4, 0.5) is 0 Å². The fourth-order valence-electron chi connectivity index (χ4n) is 0.246. The molecule has 28 valence electrons. The summed E-state index contributed by atoms with van der Waals surface area (Å²) in [5, 5.41) is 0. The van der Waals surface area contributed by atoms with Gasteiger partial charge in [0.05, 0.1) is 12.4 Å². The van der Waals surface area contributed by atoms with E-state index in [4.69, 9.17) is 4.74 Å². The molecule has 1 rings (SSSR count). The topological polar surface area (TPSA) is 9.23 Å². The van der Waals surface area contributed by atoms with Crippen LogP contribution < -0.4 is 0 Å². The lowest BCUT2D eigenvalue weighted by Crippen LogP contribution is -2.05. The van der Waals surface area contributed by atoms with Crippen molar-refractivity contribution in [2.75, 3.05) is 6.61 Å². The first kappa shape index (κ1) is 2.76. The highest BCUT2D eigenvalue weighted by Crippen LogP contribution is 2.10. The zero-order valence-corrected chi connectivity index (χ0v) is 3.03. The van der Waals surface area contributed by atoms with Crippen molar-refractivity contribution in [2.24, 2.45) is 0 Å². The van der Waals surface area contributed by atoms with Gasteiger partial charge in [-0.25, -0.2) is 0 Å². The first-order valence-corrected chi connectivity index (χ1v) is 1.70. The number of hydrogen-bond donors (Lipinski definition) is 0. The molecule has 0 radical (unpaired) electrons. The summed E-state index contributed by atoms with van der Waals surface area (Å²) < 4.78 is 4.74. The quantitative estimate of drug-likeness (QED) is 0.412. The third-order valence-corrected chi connectivity index (χ3v) is 0.687. The molecule has 1 heteroatoms. The van der Waals surface area contributed by atoms with Gasteiger partial charge >= 0.3 is 0 Å². The Labute approximate surface area is 31.3 Å². The van der Waals surface area contributed by atoms with Crippen LogP contribution in [0.5, 0.6) is 0 Å². The van der Waals surface area contributed by atoms with Gasteiger partial charge < -0.3 is 4.74 Å². The van der Waals surface area contributed by atoms with E-state index in [0.717, 1.165) is 18.8 Å². The molecule has 1 heterocycles. The summed E-state index contributed by atoms with van der Waals surface area (Å²) in [4.78, 5) is 0. The average molecular weight is 70.1 g/mol. The summed E-state index contributed by atoms with van der Waals surface area (Å²) in [6, 6.07) is 0. The standard InChI is InChI=1S/C4H6O/c1-4-2-3-5-4/h1-3H2. The molecule has 5 heavy (non-hydrogen) atoms. The molecule has 0 N–H and O–H groups in total. The molecule has 0 aliphatic carbocycles. The normalized spacial score (nSPS) is 20.4. The van der Waals surface area contributed by atoms with Crippen LogP contribution in [0.1, 0.15) is 6.42 Å². The zero-order chi connectivity index (χ0) is 3.70. The van der Waals surface area contributed by atoms with Crippen LogP contribution in [0.3, 0.4) is 0 Å². The minimum atomic E-state index is 0.888. The van der Waals surface area contributed by atoms with Crippen molar-refractivity contribution in [3.05, 3.63) is 12.3 Å². The van der Waals surface area contributed by atoms with Gasteiger partial charge in [0.25, 0.3) is 0 Å². The number of hydrogen-bond acceptors (Lipinski definition) is 1. The maximum absolute atomic E-state index is 4.74. The van der Waals surface area contributed by atoms with Gasteiger partial charge in [-0.3, -0.25) is 0 Å². The maximum Gasteiger partial charge on any atom is 0.0947 e. The van der Waals surface area contributed by atoms with Crippen LogP contribution in [0.2, 0.25) is 0 Å². The second-order valence-corrected chi connectivity index (χ2v) is 1.14. The third-order valence-electron chi connectivity index (χ3n) is 0.687. The van der Waals surface area contributed by atoms with Crippen LogP contribution in [0.25, 0.3) is 0 Å². The SMILES string of the molecule is C=C1CCO1. The largest absolute Gasteiger partial charge is 0.498 e. The molecule has 1 aliphatic heterocycles. The van der Waals surface area contributed by atoms with Gasteiger partial charge in [0, 0.05) is 6.42 Å². The van der Waals surface area contributed by atoms with E-state index in [1.165, 1.54) is 0 Å². The molecule has 1 saturated heterocycles. The van der Waals surface area contributed by atoms with E-state index >= 15 is 0 Å². The van der Waals surface area contributed by atoms with Crippen LogP contribution >= 0.6 is 0 Å². The van der Waals surface area contributed by atoms with Gasteiger partial charge in [0.1, 0.15) is 0 Å². The Morgan fingerprint density at radius 3 is 2.20 bits per heavy atom. The van der Waals surface area contributed by atoms with Crippen molar-refractivity contribution < 1.29 is 4.74 Å². The molecule has 1 nitrogen and oxygen atoms in total. The minimum absolute atomic E-state index is 0.888. The number of rotatable bonds is 0. The molecule has 0 aromatic rings. The fourth-order valence-corrected chi connectivity index (χ4v) is 0.246. The summed E-state index contributed by atoms with van der Waals surface area (Å²) in [5.74, 6) is 0.935. The highest BCUT2D eigenvalue weighted by Gasteiger charge is 2.02. The Bertz CT molecular complexity index is 50.7. The third kappa shape index (κ3) is 0.274. The van der Waals surface area contributed by atoms with E-state index in [1.807, 2.05) is 0 Å². The predicted octanol–water partition coefficient (Wildman–Crippen LogP) is 0.920. The first-order valence-electron chi connectivity index (χ1n) is 1.70. The summed E-state index contributed by atoms with van der Waals surface area (Å²) in [7, 11) is 0. The summed E-state index contributed by atoms with van der Waals surface area (Å²) in [5.41, 5.74) is 0. The minimum Gasteiger partial charge on any atom is -0.498 e. The lowest BCUT2D eigenvalue weighted by molar-refractivity contribution is 0.120. The zero-order valence-electron chi connectivity index (χ0n) is 3.03. The van der Waals surface area contributed by atoms with Gasteiger partial charge in [-0.15, -0.1) is 0 Å². The van der Waals surface area contributed by atoms with Crippen molar-refractivity contribution in [3.63, 3.8) is 0 Å². The van der Waals surface area contributed by atoms with E-state index in [9.17, 15) is 0 Å². The molecule has 0 amide bonds. The Balaban J connectivity index is 2.32. The second kappa shape index (κ2) is 0.744. The van der Waals surface area contributed by atoms with E-state index < -0.39 is 0 Å². The molecule has 0 spiro atoms. The molecule has 0 bridgehead atoms. The lowest BCUT2D eigenvalue weighted by Gasteiger charge is -2.15. The summed E-state index contributed by atoms with van der Waals surface area (Å²) >= 11 is 0. The highest BCUT2D eigenvalue weighted by atomic mass is 16.5.